The highest BCUT2D eigenvalue weighted by Crippen LogP contribution is 2.38. The summed E-state index contributed by atoms with van der Waals surface area (Å²) in [5.74, 6) is 2.49. The first kappa shape index (κ1) is 14.0. The van der Waals surface area contributed by atoms with E-state index < -0.39 is 0 Å². The van der Waals surface area contributed by atoms with E-state index in [-0.39, 0.29) is 0 Å². The Kier molecular flexibility index (Phi) is 4.08. The summed E-state index contributed by atoms with van der Waals surface area (Å²) in [6.07, 6.45) is 1.29. The second-order valence-electron chi connectivity index (χ2n) is 6.03. The van der Waals surface area contributed by atoms with E-state index in [9.17, 15) is 0 Å². The number of para-hydroxylation sites is 1. The molecule has 0 spiro atoms. The quantitative estimate of drug-likeness (QED) is 0.819. The van der Waals surface area contributed by atoms with Crippen molar-refractivity contribution >= 4 is 28.8 Å². The minimum atomic E-state index is 0.369. The Bertz CT molecular complexity index is 560. The number of nitrogens with one attached hydrogen (secondary N) is 1. The summed E-state index contributed by atoms with van der Waals surface area (Å²) in [5.41, 5.74) is 2.97. The van der Waals surface area contributed by atoms with E-state index in [1.54, 1.807) is 11.3 Å². The molecule has 1 N–H and O–H groups in total. The summed E-state index contributed by atoms with van der Waals surface area (Å²) in [6, 6.07) is 13.6. The molecule has 1 aromatic carbocycles. The minimum Gasteiger partial charge on any atom is -0.380 e. The van der Waals surface area contributed by atoms with Gasteiger partial charge in [0.2, 0.25) is 0 Å². The molecule has 0 aliphatic carbocycles. The maximum absolute atomic E-state index is 3.81. The van der Waals surface area contributed by atoms with Gasteiger partial charge in [0, 0.05) is 27.9 Å². The Morgan fingerprint density at radius 2 is 2.00 bits per heavy atom. The molecule has 20 heavy (non-hydrogen) atoms. The summed E-state index contributed by atoms with van der Waals surface area (Å²) in [4.78, 5) is 1.34. The van der Waals surface area contributed by atoms with Crippen molar-refractivity contribution in [2.45, 2.75) is 26.3 Å². The van der Waals surface area contributed by atoms with Crippen LogP contribution in [0.4, 0.5) is 5.69 Å². The van der Waals surface area contributed by atoms with Crippen LogP contribution in [0.25, 0.3) is 10.4 Å². The van der Waals surface area contributed by atoms with Gasteiger partial charge in [-0.15, -0.1) is 11.3 Å². The molecule has 1 saturated heterocycles. The number of thioether (sulfide) groups is 1. The molecular formula is C17H21NS2. The van der Waals surface area contributed by atoms with Gasteiger partial charge in [0.1, 0.15) is 0 Å². The van der Waals surface area contributed by atoms with E-state index in [1.807, 2.05) is 0 Å². The van der Waals surface area contributed by atoms with Crippen LogP contribution in [0.2, 0.25) is 0 Å². The lowest BCUT2D eigenvalue weighted by Crippen LogP contribution is -2.41. The van der Waals surface area contributed by atoms with Crippen molar-refractivity contribution in [3.63, 3.8) is 0 Å². The maximum atomic E-state index is 3.81. The van der Waals surface area contributed by atoms with E-state index >= 15 is 0 Å². The fourth-order valence-corrected chi connectivity index (χ4v) is 4.99. The van der Waals surface area contributed by atoms with Gasteiger partial charge in [-0.05, 0) is 35.1 Å². The van der Waals surface area contributed by atoms with Crippen LogP contribution in [0.15, 0.2) is 41.8 Å². The number of thiophene rings is 1. The Labute approximate surface area is 129 Å². The second kappa shape index (κ2) is 5.82. The van der Waals surface area contributed by atoms with Gasteiger partial charge in [-0.25, -0.2) is 0 Å². The van der Waals surface area contributed by atoms with Crippen LogP contribution in [-0.2, 0) is 0 Å². The lowest BCUT2D eigenvalue weighted by atomic mass is 9.82. The molecule has 2 heterocycles. The van der Waals surface area contributed by atoms with Crippen LogP contribution in [0.1, 0.15) is 20.3 Å². The van der Waals surface area contributed by atoms with Crippen molar-refractivity contribution < 1.29 is 0 Å². The van der Waals surface area contributed by atoms with Gasteiger partial charge in [0.15, 0.2) is 0 Å². The molecule has 1 aliphatic heterocycles. The number of hydrogen-bond donors (Lipinski definition) is 1. The summed E-state index contributed by atoms with van der Waals surface area (Å²) >= 11 is 3.87. The number of benzene rings is 1. The fraction of sp³-hybridized carbons (Fsp3) is 0.412. The molecule has 2 aromatic rings. The summed E-state index contributed by atoms with van der Waals surface area (Å²) < 4.78 is 0. The molecule has 0 saturated carbocycles. The molecule has 106 valence electrons. The molecule has 1 fully saturated rings. The third kappa shape index (κ3) is 2.89. The molecule has 1 aliphatic rings. The van der Waals surface area contributed by atoms with E-state index in [1.165, 1.54) is 34.1 Å². The molecule has 0 bridgehead atoms. The van der Waals surface area contributed by atoms with Crippen LogP contribution in [0, 0.1) is 5.41 Å². The average molecular weight is 303 g/mol. The molecule has 1 atom stereocenters. The van der Waals surface area contributed by atoms with Crippen molar-refractivity contribution in [3.8, 4) is 10.4 Å². The van der Waals surface area contributed by atoms with Gasteiger partial charge in [-0.2, -0.15) is 11.8 Å². The predicted molar refractivity (Wildman–Crippen MR) is 92.9 cm³/mol. The van der Waals surface area contributed by atoms with Crippen LogP contribution >= 0.6 is 23.1 Å². The summed E-state index contributed by atoms with van der Waals surface area (Å²) in [6.45, 7) is 4.77. The Morgan fingerprint density at radius 1 is 1.15 bits per heavy atom. The van der Waals surface area contributed by atoms with Crippen LogP contribution < -0.4 is 5.32 Å². The van der Waals surface area contributed by atoms with E-state index in [0.717, 1.165) is 0 Å². The molecule has 0 amide bonds. The van der Waals surface area contributed by atoms with Crippen LogP contribution in [-0.4, -0.2) is 17.5 Å². The van der Waals surface area contributed by atoms with Gasteiger partial charge in [-0.1, -0.05) is 38.1 Å². The lowest BCUT2D eigenvalue weighted by molar-refractivity contribution is 0.305. The van der Waals surface area contributed by atoms with Crippen LogP contribution in [0.5, 0.6) is 0 Å². The molecule has 3 heteroatoms. The molecular weight excluding hydrogens is 282 g/mol. The average Bonchev–Trinajstić information content (AvgIpc) is 2.95. The minimum absolute atomic E-state index is 0.369. The van der Waals surface area contributed by atoms with Gasteiger partial charge in [0.25, 0.3) is 0 Å². The Hall–Kier alpha value is -0.930. The smallest absolute Gasteiger partial charge is 0.0430 e. The molecule has 0 radical (unpaired) electrons. The molecule has 1 unspecified atom stereocenters. The number of anilines is 1. The van der Waals surface area contributed by atoms with Gasteiger partial charge >= 0.3 is 0 Å². The lowest BCUT2D eigenvalue weighted by Gasteiger charge is -2.39. The highest BCUT2D eigenvalue weighted by Gasteiger charge is 2.32. The zero-order valence-electron chi connectivity index (χ0n) is 12.1. The van der Waals surface area contributed by atoms with Crippen molar-refractivity contribution in [1.29, 1.82) is 0 Å². The molecule has 1 aromatic heterocycles. The Morgan fingerprint density at radius 3 is 2.75 bits per heavy atom. The van der Waals surface area contributed by atoms with Crippen molar-refractivity contribution in [1.82, 2.24) is 0 Å². The van der Waals surface area contributed by atoms with Gasteiger partial charge < -0.3 is 5.32 Å². The molecule has 1 nitrogen and oxygen atoms in total. The van der Waals surface area contributed by atoms with E-state index in [2.05, 4.69) is 72.7 Å². The first-order valence-electron chi connectivity index (χ1n) is 7.14. The first-order valence-corrected chi connectivity index (χ1v) is 9.17. The predicted octanol–water partition coefficient (Wildman–Crippen LogP) is 5.36. The van der Waals surface area contributed by atoms with Crippen molar-refractivity contribution in [2.75, 3.05) is 16.8 Å². The zero-order valence-corrected chi connectivity index (χ0v) is 13.7. The van der Waals surface area contributed by atoms with Crippen molar-refractivity contribution in [2.24, 2.45) is 5.41 Å². The van der Waals surface area contributed by atoms with E-state index in [4.69, 9.17) is 0 Å². The van der Waals surface area contributed by atoms with E-state index in [0.29, 0.717) is 11.5 Å². The number of rotatable bonds is 3. The largest absolute Gasteiger partial charge is 0.380 e. The zero-order chi connectivity index (χ0) is 14.0. The van der Waals surface area contributed by atoms with Gasteiger partial charge in [0.05, 0.1) is 0 Å². The van der Waals surface area contributed by atoms with Gasteiger partial charge in [-0.3, -0.25) is 0 Å². The molecule has 3 rings (SSSR count). The standard InChI is InChI=1S/C17H21NS2/c1-17(2)9-11-19-12-16(17)18-14-7-4-3-6-13(14)15-8-5-10-20-15/h3-8,10,16,18H,9,11-12H2,1-2H3. The third-order valence-electron chi connectivity index (χ3n) is 4.16. The van der Waals surface area contributed by atoms with Crippen LogP contribution in [0.3, 0.4) is 0 Å². The normalized spacial score (nSPS) is 21.6. The topological polar surface area (TPSA) is 12.0 Å². The summed E-state index contributed by atoms with van der Waals surface area (Å²) in [7, 11) is 0. The highest BCUT2D eigenvalue weighted by atomic mass is 32.2. The SMILES string of the molecule is CC1(C)CCSCC1Nc1ccccc1-c1cccs1. The maximum Gasteiger partial charge on any atom is 0.0430 e. The monoisotopic (exact) mass is 303 g/mol. The first-order chi connectivity index (χ1) is 9.67. The Balaban J connectivity index is 1.88. The fourth-order valence-electron chi connectivity index (χ4n) is 2.62. The second-order valence-corrected chi connectivity index (χ2v) is 8.13. The number of hydrogen-bond acceptors (Lipinski definition) is 3. The highest BCUT2D eigenvalue weighted by molar-refractivity contribution is 7.99. The summed E-state index contributed by atoms with van der Waals surface area (Å²) in [5, 5.41) is 5.96. The van der Waals surface area contributed by atoms with Crippen molar-refractivity contribution in [3.05, 3.63) is 41.8 Å². The third-order valence-corrected chi connectivity index (χ3v) is 6.13.